The van der Waals surface area contributed by atoms with Crippen molar-refractivity contribution in [3.8, 4) is 5.75 Å². The number of aliphatic hydroxyl groups excluding tert-OH is 1. The zero-order chi connectivity index (χ0) is 17.4. The molecule has 24 heavy (non-hydrogen) atoms. The van der Waals surface area contributed by atoms with Gasteiger partial charge in [0.2, 0.25) is 0 Å². The number of anilines is 1. The number of hydrogen-bond donors (Lipinski definition) is 3. The summed E-state index contributed by atoms with van der Waals surface area (Å²) in [5, 5.41) is 14.5. The van der Waals surface area contributed by atoms with E-state index < -0.39 is 11.8 Å². The molecule has 2 rings (SSSR count). The van der Waals surface area contributed by atoms with Crippen molar-refractivity contribution < 1.29 is 19.0 Å². The maximum Gasteiger partial charge on any atom is 0.319 e. The van der Waals surface area contributed by atoms with Crippen molar-refractivity contribution in [2.45, 2.75) is 18.9 Å². The summed E-state index contributed by atoms with van der Waals surface area (Å²) in [6.07, 6.45) is 1.15. The van der Waals surface area contributed by atoms with Crippen molar-refractivity contribution in [2.75, 3.05) is 19.0 Å². The lowest BCUT2D eigenvalue weighted by Crippen LogP contribution is -2.33. The summed E-state index contributed by atoms with van der Waals surface area (Å²) >= 11 is 0. The Morgan fingerprint density at radius 1 is 1.25 bits per heavy atom. The molecule has 5 nitrogen and oxygen atoms in total. The van der Waals surface area contributed by atoms with Gasteiger partial charge in [-0.25, -0.2) is 9.18 Å². The molecule has 2 aromatic rings. The van der Waals surface area contributed by atoms with Crippen LogP contribution >= 0.6 is 0 Å². The first-order valence-electron chi connectivity index (χ1n) is 7.71. The largest absolute Gasteiger partial charge is 0.495 e. The third-order valence-electron chi connectivity index (χ3n) is 3.57. The predicted octanol–water partition coefficient (Wildman–Crippen LogP) is 3.47. The second-order valence-corrected chi connectivity index (χ2v) is 5.27. The van der Waals surface area contributed by atoms with Gasteiger partial charge in [-0.05, 0) is 30.5 Å². The summed E-state index contributed by atoms with van der Waals surface area (Å²) in [6, 6.07) is 12.7. The van der Waals surface area contributed by atoms with E-state index >= 15 is 0 Å². The molecule has 0 heterocycles. The number of nitrogens with one attached hydrogen (secondary N) is 2. The van der Waals surface area contributed by atoms with Crippen molar-refractivity contribution in [1.29, 1.82) is 0 Å². The van der Waals surface area contributed by atoms with Crippen LogP contribution in [0.15, 0.2) is 48.5 Å². The van der Waals surface area contributed by atoms with Crippen LogP contribution in [0.5, 0.6) is 5.75 Å². The fraction of sp³-hybridized carbons (Fsp3) is 0.278. The number of benzene rings is 2. The van der Waals surface area contributed by atoms with Gasteiger partial charge in [-0.3, -0.25) is 0 Å². The van der Waals surface area contributed by atoms with E-state index in [2.05, 4.69) is 10.6 Å². The van der Waals surface area contributed by atoms with Crippen molar-refractivity contribution in [1.82, 2.24) is 5.32 Å². The number of carbonyl (C=O) groups is 1. The minimum absolute atomic E-state index is 0.0460. The van der Waals surface area contributed by atoms with Crippen LogP contribution < -0.4 is 15.4 Å². The molecule has 0 spiro atoms. The number of rotatable bonds is 7. The first-order chi connectivity index (χ1) is 11.6. The summed E-state index contributed by atoms with van der Waals surface area (Å²) in [4.78, 5) is 12.3. The van der Waals surface area contributed by atoms with Crippen LogP contribution in [0, 0.1) is 5.82 Å². The molecule has 0 aliphatic rings. The third kappa shape index (κ3) is 4.96. The van der Waals surface area contributed by atoms with Crippen LogP contribution in [-0.2, 0) is 0 Å². The van der Waals surface area contributed by atoms with Crippen LogP contribution in [0.2, 0.25) is 0 Å². The molecule has 6 heteroatoms. The van der Waals surface area contributed by atoms with Crippen molar-refractivity contribution in [3.63, 3.8) is 0 Å². The zero-order valence-corrected chi connectivity index (χ0v) is 13.5. The third-order valence-corrected chi connectivity index (χ3v) is 3.57. The smallest absolute Gasteiger partial charge is 0.319 e. The van der Waals surface area contributed by atoms with Gasteiger partial charge in [-0.2, -0.15) is 0 Å². The highest BCUT2D eigenvalue weighted by Crippen LogP contribution is 2.25. The summed E-state index contributed by atoms with van der Waals surface area (Å²) in [5.74, 6) is -0.0934. The van der Waals surface area contributed by atoms with Gasteiger partial charge in [-0.15, -0.1) is 0 Å². The highest BCUT2D eigenvalue weighted by Gasteiger charge is 2.15. The Morgan fingerprint density at radius 2 is 2.00 bits per heavy atom. The maximum absolute atomic E-state index is 13.4. The number of halogens is 1. The van der Waals surface area contributed by atoms with Crippen LogP contribution in [0.1, 0.15) is 24.4 Å². The van der Waals surface area contributed by atoms with E-state index in [4.69, 9.17) is 9.84 Å². The van der Waals surface area contributed by atoms with E-state index in [-0.39, 0.29) is 18.3 Å². The zero-order valence-electron chi connectivity index (χ0n) is 13.5. The Bertz CT molecular complexity index is 665. The second-order valence-electron chi connectivity index (χ2n) is 5.27. The standard InChI is InChI=1S/C18H21FN2O3/c1-24-17-10-9-14(19)12-16(17)21-18(23)20-15(8-5-11-22)13-6-3-2-4-7-13/h2-4,6-7,9-10,12,15,22H,5,8,11H2,1H3,(H2,20,21,23). The summed E-state index contributed by atoms with van der Waals surface area (Å²) in [7, 11) is 1.45. The monoisotopic (exact) mass is 332 g/mol. The second kappa shape index (κ2) is 8.88. The van der Waals surface area contributed by atoms with Gasteiger partial charge in [-0.1, -0.05) is 30.3 Å². The van der Waals surface area contributed by atoms with Crippen molar-refractivity contribution >= 4 is 11.7 Å². The number of aliphatic hydroxyl groups is 1. The van der Waals surface area contributed by atoms with E-state index in [1.807, 2.05) is 30.3 Å². The molecule has 0 fully saturated rings. The molecule has 0 saturated heterocycles. The molecular formula is C18H21FN2O3. The minimum Gasteiger partial charge on any atom is -0.495 e. The van der Waals surface area contributed by atoms with Crippen LogP contribution in [0.4, 0.5) is 14.9 Å². The molecule has 1 atom stereocenters. The SMILES string of the molecule is COc1ccc(F)cc1NC(=O)NC(CCCO)c1ccccc1. The maximum atomic E-state index is 13.4. The van der Waals surface area contributed by atoms with Gasteiger partial charge in [0.1, 0.15) is 11.6 Å². The fourth-order valence-electron chi connectivity index (χ4n) is 2.40. The highest BCUT2D eigenvalue weighted by atomic mass is 19.1. The first-order valence-corrected chi connectivity index (χ1v) is 7.71. The van der Waals surface area contributed by atoms with E-state index in [0.717, 1.165) is 5.56 Å². The quantitative estimate of drug-likeness (QED) is 0.727. The Kier molecular flexibility index (Phi) is 6.57. The minimum atomic E-state index is -0.467. The van der Waals surface area contributed by atoms with Crippen LogP contribution in [-0.4, -0.2) is 24.9 Å². The van der Waals surface area contributed by atoms with Gasteiger partial charge in [0, 0.05) is 12.7 Å². The molecule has 0 aromatic heterocycles. The Hall–Kier alpha value is -2.60. The molecule has 0 radical (unpaired) electrons. The molecule has 0 aliphatic heterocycles. The lowest BCUT2D eigenvalue weighted by atomic mass is 10.0. The molecule has 0 aliphatic carbocycles. The number of hydrogen-bond acceptors (Lipinski definition) is 3. The van der Waals surface area contributed by atoms with Crippen LogP contribution in [0.3, 0.4) is 0 Å². The lowest BCUT2D eigenvalue weighted by Gasteiger charge is -2.20. The number of urea groups is 1. The highest BCUT2D eigenvalue weighted by molar-refractivity contribution is 5.91. The van der Waals surface area contributed by atoms with Gasteiger partial charge >= 0.3 is 6.03 Å². The van der Waals surface area contributed by atoms with Gasteiger partial charge in [0.15, 0.2) is 0 Å². The summed E-state index contributed by atoms with van der Waals surface area (Å²) < 4.78 is 18.5. The van der Waals surface area contributed by atoms with Crippen molar-refractivity contribution in [2.24, 2.45) is 0 Å². The average Bonchev–Trinajstić information content (AvgIpc) is 2.59. The lowest BCUT2D eigenvalue weighted by molar-refractivity contribution is 0.243. The molecule has 0 saturated carbocycles. The number of amides is 2. The molecule has 2 amide bonds. The van der Waals surface area contributed by atoms with E-state index in [0.29, 0.717) is 18.6 Å². The molecule has 0 bridgehead atoms. The summed E-state index contributed by atoms with van der Waals surface area (Å²) in [5.41, 5.74) is 1.19. The van der Waals surface area contributed by atoms with Gasteiger partial charge in [0.25, 0.3) is 0 Å². The Balaban J connectivity index is 2.09. The van der Waals surface area contributed by atoms with Crippen molar-refractivity contribution in [3.05, 3.63) is 59.9 Å². The van der Waals surface area contributed by atoms with E-state index in [9.17, 15) is 9.18 Å². The number of methoxy groups -OCH3 is 1. The number of ether oxygens (including phenoxy) is 1. The normalized spacial score (nSPS) is 11.6. The Labute approximate surface area is 140 Å². The first kappa shape index (κ1) is 17.7. The molecule has 1 unspecified atom stereocenters. The average molecular weight is 332 g/mol. The van der Waals surface area contributed by atoms with Gasteiger partial charge in [0.05, 0.1) is 18.8 Å². The van der Waals surface area contributed by atoms with E-state index in [1.54, 1.807) is 0 Å². The van der Waals surface area contributed by atoms with Gasteiger partial charge < -0.3 is 20.5 Å². The predicted molar refractivity (Wildman–Crippen MR) is 90.6 cm³/mol. The summed E-state index contributed by atoms with van der Waals surface area (Å²) in [6.45, 7) is 0.0460. The fourth-order valence-corrected chi connectivity index (χ4v) is 2.40. The molecule has 128 valence electrons. The number of carbonyl (C=O) groups excluding carboxylic acids is 1. The topological polar surface area (TPSA) is 70.6 Å². The molecule has 3 N–H and O–H groups in total. The van der Waals surface area contributed by atoms with E-state index in [1.165, 1.54) is 25.3 Å². The van der Waals surface area contributed by atoms with Crippen LogP contribution in [0.25, 0.3) is 0 Å². The Morgan fingerprint density at radius 3 is 2.67 bits per heavy atom. The molecule has 2 aromatic carbocycles. The molecular weight excluding hydrogens is 311 g/mol.